The molecule has 1 aliphatic carbocycles. The van der Waals surface area contributed by atoms with Crippen LogP contribution in [0.25, 0.3) is 0 Å². The summed E-state index contributed by atoms with van der Waals surface area (Å²) in [5.74, 6) is 0. The Morgan fingerprint density at radius 1 is 1.47 bits per heavy atom. The van der Waals surface area contributed by atoms with Crippen LogP contribution in [0.1, 0.15) is 33.1 Å². The van der Waals surface area contributed by atoms with Crippen molar-refractivity contribution in [3.05, 3.63) is 0 Å². The van der Waals surface area contributed by atoms with Crippen LogP contribution in [0, 0.1) is 5.41 Å². The molecule has 2 unspecified atom stereocenters. The zero-order chi connectivity index (χ0) is 10.7. The van der Waals surface area contributed by atoms with Crippen LogP contribution in [0.5, 0.6) is 0 Å². The maximum atomic E-state index is 5.70. The Morgan fingerprint density at radius 3 is 2.80 bits per heavy atom. The summed E-state index contributed by atoms with van der Waals surface area (Å²) < 4.78 is 11.3. The molecule has 0 aromatic carbocycles. The molecule has 1 heterocycles. The Kier molecular flexibility index (Phi) is 3.65. The fourth-order valence-corrected chi connectivity index (χ4v) is 2.23. The maximum Gasteiger partial charge on any atom is 0.0638 e. The van der Waals surface area contributed by atoms with Gasteiger partial charge in [-0.1, -0.05) is 0 Å². The van der Waals surface area contributed by atoms with E-state index in [2.05, 4.69) is 19.2 Å². The van der Waals surface area contributed by atoms with Crippen molar-refractivity contribution in [2.45, 2.75) is 45.3 Å². The Labute approximate surface area is 92.5 Å². The lowest BCUT2D eigenvalue weighted by Gasteiger charge is -2.32. The molecule has 1 saturated heterocycles. The molecule has 0 radical (unpaired) electrons. The van der Waals surface area contributed by atoms with Crippen molar-refractivity contribution in [3.8, 4) is 0 Å². The molecule has 2 fully saturated rings. The summed E-state index contributed by atoms with van der Waals surface area (Å²) in [5.41, 5.74) is 0.221. The second-order valence-corrected chi connectivity index (χ2v) is 4.92. The van der Waals surface area contributed by atoms with E-state index in [-0.39, 0.29) is 5.41 Å². The molecule has 2 aliphatic rings. The van der Waals surface area contributed by atoms with E-state index in [0.717, 1.165) is 38.8 Å². The van der Waals surface area contributed by atoms with Crippen LogP contribution in [0.15, 0.2) is 0 Å². The van der Waals surface area contributed by atoms with E-state index in [1.807, 2.05) is 0 Å². The summed E-state index contributed by atoms with van der Waals surface area (Å²) in [6.45, 7) is 7.82. The lowest BCUT2D eigenvalue weighted by atomic mass is 9.82. The summed E-state index contributed by atoms with van der Waals surface area (Å²) >= 11 is 0. The molecule has 1 saturated carbocycles. The van der Waals surface area contributed by atoms with E-state index < -0.39 is 0 Å². The first-order chi connectivity index (χ1) is 7.27. The average molecular weight is 213 g/mol. The molecule has 1 N–H and O–H groups in total. The largest absolute Gasteiger partial charge is 0.381 e. The molecule has 2 atom stereocenters. The van der Waals surface area contributed by atoms with Gasteiger partial charge in [-0.3, -0.25) is 0 Å². The lowest BCUT2D eigenvalue weighted by Crippen LogP contribution is -2.43. The zero-order valence-corrected chi connectivity index (χ0v) is 9.92. The van der Waals surface area contributed by atoms with E-state index in [1.54, 1.807) is 0 Å². The van der Waals surface area contributed by atoms with Gasteiger partial charge in [0.1, 0.15) is 0 Å². The van der Waals surface area contributed by atoms with Crippen molar-refractivity contribution in [1.82, 2.24) is 5.32 Å². The van der Waals surface area contributed by atoms with Crippen LogP contribution in [-0.4, -0.2) is 38.5 Å². The quantitative estimate of drug-likeness (QED) is 0.726. The highest BCUT2D eigenvalue weighted by atomic mass is 16.5. The number of nitrogens with one attached hydrogen (secondary N) is 1. The Hall–Kier alpha value is -0.120. The monoisotopic (exact) mass is 213 g/mol. The molecule has 15 heavy (non-hydrogen) atoms. The zero-order valence-electron chi connectivity index (χ0n) is 9.92. The van der Waals surface area contributed by atoms with Crippen molar-refractivity contribution in [1.29, 1.82) is 0 Å². The minimum Gasteiger partial charge on any atom is -0.381 e. The van der Waals surface area contributed by atoms with Crippen LogP contribution in [-0.2, 0) is 9.47 Å². The van der Waals surface area contributed by atoms with Crippen molar-refractivity contribution >= 4 is 0 Å². The third-order valence-corrected chi connectivity index (χ3v) is 3.74. The highest BCUT2D eigenvalue weighted by Gasteiger charge is 2.42. The van der Waals surface area contributed by atoms with Gasteiger partial charge in [0, 0.05) is 31.2 Å². The van der Waals surface area contributed by atoms with Crippen LogP contribution >= 0.6 is 0 Å². The Morgan fingerprint density at radius 2 is 2.27 bits per heavy atom. The average Bonchev–Trinajstić information content (AvgIpc) is 3.00. The summed E-state index contributed by atoms with van der Waals surface area (Å²) in [4.78, 5) is 0. The number of hydrogen-bond donors (Lipinski definition) is 1. The summed E-state index contributed by atoms with van der Waals surface area (Å²) in [6, 6.07) is 0.774. The Bertz CT molecular complexity index is 206. The van der Waals surface area contributed by atoms with Gasteiger partial charge in [0.15, 0.2) is 0 Å². The third kappa shape index (κ3) is 2.71. The standard InChI is InChI=1S/C12H23NO2/c1-3-14-9-12(6-7-15-10(12)2)8-13-11-4-5-11/h10-11,13H,3-9H2,1-2H3. The number of rotatable bonds is 6. The first kappa shape index (κ1) is 11.4. The molecule has 0 amide bonds. The molecular weight excluding hydrogens is 190 g/mol. The van der Waals surface area contributed by atoms with Gasteiger partial charge in [-0.2, -0.15) is 0 Å². The lowest BCUT2D eigenvalue weighted by molar-refractivity contribution is -0.00268. The van der Waals surface area contributed by atoms with Crippen LogP contribution in [0.4, 0.5) is 0 Å². The fourth-order valence-electron chi connectivity index (χ4n) is 2.23. The van der Waals surface area contributed by atoms with Crippen molar-refractivity contribution < 1.29 is 9.47 Å². The first-order valence-electron chi connectivity index (χ1n) is 6.19. The van der Waals surface area contributed by atoms with E-state index in [9.17, 15) is 0 Å². The van der Waals surface area contributed by atoms with Gasteiger partial charge < -0.3 is 14.8 Å². The minimum atomic E-state index is 0.221. The van der Waals surface area contributed by atoms with Gasteiger partial charge in [-0.25, -0.2) is 0 Å². The molecule has 0 spiro atoms. The van der Waals surface area contributed by atoms with Gasteiger partial charge in [0.05, 0.1) is 12.7 Å². The predicted molar refractivity (Wildman–Crippen MR) is 60.0 cm³/mol. The topological polar surface area (TPSA) is 30.5 Å². The number of ether oxygens (including phenoxy) is 2. The summed E-state index contributed by atoms with van der Waals surface area (Å²) in [6.07, 6.45) is 4.16. The second-order valence-electron chi connectivity index (χ2n) is 4.92. The smallest absolute Gasteiger partial charge is 0.0638 e. The highest BCUT2D eigenvalue weighted by Crippen LogP contribution is 2.35. The molecule has 0 bridgehead atoms. The van der Waals surface area contributed by atoms with Crippen molar-refractivity contribution in [2.75, 3.05) is 26.4 Å². The van der Waals surface area contributed by atoms with Gasteiger partial charge in [0.25, 0.3) is 0 Å². The van der Waals surface area contributed by atoms with Gasteiger partial charge in [0.2, 0.25) is 0 Å². The van der Waals surface area contributed by atoms with Crippen LogP contribution in [0.3, 0.4) is 0 Å². The predicted octanol–water partition coefficient (Wildman–Crippen LogP) is 1.57. The molecule has 0 aromatic heterocycles. The minimum absolute atomic E-state index is 0.221. The summed E-state index contributed by atoms with van der Waals surface area (Å²) in [5, 5.41) is 3.62. The van der Waals surface area contributed by atoms with Crippen LogP contribution in [0.2, 0.25) is 0 Å². The second kappa shape index (κ2) is 4.81. The SMILES string of the molecule is CCOCC1(CNC2CC2)CCOC1C. The van der Waals surface area contributed by atoms with Crippen molar-refractivity contribution in [2.24, 2.45) is 5.41 Å². The van der Waals surface area contributed by atoms with E-state index in [0.29, 0.717) is 6.10 Å². The van der Waals surface area contributed by atoms with Gasteiger partial charge in [-0.15, -0.1) is 0 Å². The van der Waals surface area contributed by atoms with E-state index in [4.69, 9.17) is 9.47 Å². The maximum absolute atomic E-state index is 5.70. The third-order valence-electron chi connectivity index (χ3n) is 3.74. The van der Waals surface area contributed by atoms with Crippen molar-refractivity contribution in [3.63, 3.8) is 0 Å². The van der Waals surface area contributed by atoms with Gasteiger partial charge >= 0.3 is 0 Å². The van der Waals surface area contributed by atoms with Crippen LogP contribution < -0.4 is 5.32 Å². The molecule has 1 aliphatic heterocycles. The summed E-state index contributed by atoms with van der Waals surface area (Å²) in [7, 11) is 0. The molecular formula is C12H23NO2. The Balaban J connectivity index is 1.87. The highest BCUT2D eigenvalue weighted by molar-refractivity contribution is 4.94. The molecule has 3 nitrogen and oxygen atoms in total. The van der Waals surface area contributed by atoms with E-state index in [1.165, 1.54) is 12.8 Å². The number of hydrogen-bond acceptors (Lipinski definition) is 3. The molecule has 88 valence electrons. The molecule has 0 aromatic rings. The van der Waals surface area contributed by atoms with Gasteiger partial charge in [-0.05, 0) is 33.1 Å². The molecule has 3 heteroatoms. The molecule has 2 rings (SSSR count). The fraction of sp³-hybridized carbons (Fsp3) is 1.00. The van der Waals surface area contributed by atoms with E-state index >= 15 is 0 Å². The normalized spacial score (nSPS) is 36.0. The first-order valence-corrected chi connectivity index (χ1v) is 6.19.